The summed E-state index contributed by atoms with van der Waals surface area (Å²) in [7, 11) is 0. The van der Waals surface area contributed by atoms with E-state index in [0.717, 1.165) is 12.0 Å². The fraction of sp³-hybridized carbons (Fsp3) is 0.227. The van der Waals surface area contributed by atoms with Crippen molar-refractivity contribution in [2.24, 2.45) is 5.92 Å². The van der Waals surface area contributed by atoms with Crippen molar-refractivity contribution in [2.75, 3.05) is 0 Å². The first-order valence-corrected chi connectivity index (χ1v) is 8.34. The molecule has 1 aliphatic carbocycles. The lowest BCUT2D eigenvalue weighted by molar-refractivity contribution is -0.118. The Morgan fingerprint density at radius 1 is 0.870 bits per heavy atom. The summed E-state index contributed by atoms with van der Waals surface area (Å²) in [6.45, 7) is 0. The standard InChI is InChI=1S/C22H20O/c23-21(14-20-15-22(20)18-7-2-1-3-8-18)13-16-10-11-17-6-4-5-9-19(17)12-16/h1-12,20,22H,13-15H2. The molecule has 1 nitrogen and oxygen atoms in total. The second kappa shape index (κ2) is 6.00. The second-order valence-electron chi connectivity index (χ2n) is 6.61. The van der Waals surface area contributed by atoms with Gasteiger partial charge < -0.3 is 0 Å². The summed E-state index contributed by atoms with van der Waals surface area (Å²) in [5, 5.41) is 2.45. The number of rotatable bonds is 5. The molecule has 4 rings (SSSR count). The molecule has 1 aliphatic rings. The smallest absolute Gasteiger partial charge is 0.137 e. The molecule has 1 fully saturated rings. The summed E-state index contributed by atoms with van der Waals surface area (Å²) in [6.07, 6.45) is 2.43. The van der Waals surface area contributed by atoms with Gasteiger partial charge in [0.15, 0.2) is 0 Å². The Kier molecular flexibility index (Phi) is 3.70. The van der Waals surface area contributed by atoms with E-state index in [9.17, 15) is 4.79 Å². The zero-order valence-corrected chi connectivity index (χ0v) is 13.1. The Morgan fingerprint density at radius 3 is 2.43 bits per heavy atom. The minimum atomic E-state index is 0.365. The predicted molar refractivity (Wildman–Crippen MR) is 94.6 cm³/mol. The molecule has 1 heteroatoms. The van der Waals surface area contributed by atoms with E-state index in [1.165, 1.54) is 16.3 Å². The van der Waals surface area contributed by atoms with Gasteiger partial charge in [-0.05, 0) is 40.2 Å². The molecule has 0 radical (unpaired) electrons. The van der Waals surface area contributed by atoms with Crippen LogP contribution in [-0.2, 0) is 11.2 Å². The number of carbonyl (C=O) groups excluding carboxylic acids is 1. The molecule has 0 saturated heterocycles. The lowest BCUT2D eigenvalue weighted by atomic mass is 10.00. The molecule has 2 atom stereocenters. The van der Waals surface area contributed by atoms with Gasteiger partial charge in [0.25, 0.3) is 0 Å². The Hall–Kier alpha value is -2.41. The normalized spacial score (nSPS) is 19.7. The molecule has 114 valence electrons. The van der Waals surface area contributed by atoms with E-state index < -0.39 is 0 Å². The maximum Gasteiger partial charge on any atom is 0.137 e. The average molecular weight is 300 g/mol. The van der Waals surface area contributed by atoms with Gasteiger partial charge in [0.2, 0.25) is 0 Å². The van der Waals surface area contributed by atoms with Crippen LogP contribution in [0.5, 0.6) is 0 Å². The Labute approximate surface area is 137 Å². The highest BCUT2D eigenvalue weighted by atomic mass is 16.1. The van der Waals surface area contributed by atoms with Gasteiger partial charge in [-0.15, -0.1) is 0 Å². The molecule has 3 aromatic carbocycles. The molecular weight excluding hydrogens is 280 g/mol. The van der Waals surface area contributed by atoms with E-state index >= 15 is 0 Å². The summed E-state index contributed by atoms with van der Waals surface area (Å²) in [4.78, 5) is 12.4. The first-order chi connectivity index (χ1) is 11.3. The van der Waals surface area contributed by atoms with Crippen molar-refractivity contribution in [2.45, 2.75) is 25.2 Å². The zero-order valence-electron chi connectivity index (χ0n) is 13.1. The number of benzene rings is 3. The highest BCUT2D eigenvalue weighted by Gasteiger charge is 2.39. The van der Waals surface area contributed by atoms with Crippen molar-refractivity contribution in [3.05, 3.63) is 83.9 Å². The van der Waals surface area contributed by atoms with Crippen LogP contribution in [0.4, 0.5) is 0 Å². The van der Waals surface area contributed by atoms with E-state index in [-0.39, 0.29) is 0 Å². The Bertz CT molecular complexity index is 835. The summed E-state index contributed by atoms with van der Waals surface area (Å²) in [6, 6.07) is 25.2. The van der Waals surface area contributed by atoms with Crippen LogP contribution in [0.1, 0.15) is 29.9 Å². The lowest BCUT2D eigenvalue weighted by Crippen LogP contribution is -2.04. The monoisotopic (exact) mass is 300 g/mol. The average Bonchev–Trinajstić information content (AvgIpc) is 3.34. The molecular formula is C22H20O. The van der Waals surface area contributed by atoms with E-state index in [0.29, 0.717) is 30.5 Å². The van der Waals surface area contributed by atoms with Gasteiger partial charge in [-0.1, -0.05) is 72.8 Å². The van der Waals surface area contributed by atoms with E-state index in [1.807, 2.05) is 18.2 Å². The number of ketones is 1. The third-order valence-corrected chi connectivity index (χ3v) is 4.86. The molecule has 0 amide bonds. The maximum atomic E-state index is 12.4. The summed E-state index contributed by atoms with van der Waals surface area (Å²) in [5.41, 5.74) is 2.52. The molecule has 0 aromatic heterocycles. The molecule has 0 heterocycles. The van der Waals surface area contributed by atoms with E-state index in [1.54, 1.807) is 0 Å². The third kappa shape index (κ3) is 3.19. The summed E-state index contributed by atoms with van der Waals surface area (Å²) >= 11 is 0. The predicted octanol–water partition coefficient (Wildman–Crippen LogP) is 5.15. The first kappa shape index (κ1) is 14.2. The highest BCUT2D eigenvalue weighted by Crippen LogP contribution is 2.49. The van der Waals surface area contributed by atoms with Gasteiger partial charge in [0.05, 0.1) is 0 Å². The quantitative estimate of drug-likeness (QED) is 0.637. The molecule has 0 N–H and O–H groups in total. The second-order valence-corrected chi connectivity index (χ2v) is 6.61. The minimum absolute atomic E-state index is 0.365. The number of hydrogen-bond donors (Lipinski definition) is 0. The Morgan fingerprint density at radius 2 is 1.61 bits per heavy atom. The number of Topliss-reactive ketones (excluding diaryl/α,β-unsaturated/α-hetero) is 1. The van der Waals surface area contributed by atoms with Crippen LogP contribution in [0.25, 0.3) is 10.8 Å². The van der Waals surface area contributed by atoms with Crippen molar-refractivity contribution >= 4 is 16.6 Å². The fourth-order valence-electron chi connectivity index (χ4n) is 3.52. The number of hydrogen-bond acceptors (Lipinski definition) is 1. The van der Waals surface area contributed by atoms with Crippen LogP contribution >= 0.6 is 0 Å². The number of fused-ring (bicyclic) bond motifs is 1. The molecule has 3 aromatic rings. The van der Waals surface area contributed by atoms with Crippen molar-refractivity contribution < 1.29 is 4.79 Å². The van der Waals surface area contributed by atoms with Gasteiger partial charge in [-0.2, -0.15) is 0 Å². The van der Waals surface area contributed by atoms with E-state index in [4.69, 9.17) is 0 Å². The molecule has 23 heavy (non-hydrogen) atoms. The first-order valence-electron chi connectivity index (χ1n) is 8.34. The molecule has 1 saturated carbocycles. The third-order valence-electron chi connectivity index (χ3n) is 4.86. The topological polar surface area (TPSA) is 17.1 Å². The number of carbonyl (C=O) groups is 1. The Balaban J connectivity index is 1.38. The van der Waals surface area contributed by atoms with Crippen LogP contribution in [0.15, 0.2) is 72.8 Å². The van der Waals surface area contributed by atoms with Crippen molar-refractivity contribution in [3.8, 4) is 0 Å². The van der Waals surface area contributed by atoms with Crippen LogP contribution in [0, 0.1) is 5.92 Å². The van der Waals surface area contributed by atoms with Crippen molar-refractivity contribution in [3.63, 3.8) is 0 Å². The van der Waals surface area contributed by atoms with Crippen LogP contribution < -0.4 is 0 Å². The fourth-order valence-corrected chi connectivity index (χ4v) is 3.52. The van der Waals surface area contributed by atoms with Gasteiger partial charge in [-0.25, -0.2) is 0 Å². The van der Waals surface area contributed by atoms with Crippen molar-refractivity contribution in [1.29, 1.82) is 0 Å². The molecule has 0 aliphatic heterocycles. The van der Waals surface area contributed by atoms with Gasteiger partial charge >= 0.3 is 0 Å². The van der Waals surface area contributed by atoms with Crippen molar-refractivity contribution in [1.82, 2.24) is 0 Å². The van der Waals surface area contributed by atoms with Gasteiger partial charge in [0.1, 0.15) is 5.78 Å². The zero-order chi connectivity index (χ0) is 15.6. The van der Waals surface area contributed by atoms with Gasteiger partial charge in [-0.3, -0.25) is 4.79 Å². The lowest BCUT2D eigenvalue weighted by Gasteiger charge is -2.04. The van der Waals surface area contributed by atoms with Gasteiger partial charge in [0, 0.05) is 12.8 Å². The van der Waals surface area contributed by atoms with Crippen LogP contribution in [0.3, 0.4) is 0 Å². The molecule has 0 bridgehead atoms. The highest BCUT2D eigenvalue weighted by molar-refractivity contribution is 5.86. The largest absolute Gasteiger partial charge is 0.299 e. The SMILES string of the molecule is O=C(Cc1ccc2ccccc2c1)CC1CC1c1ccccc1. The maximum absolute atomic E-state index is 12.4. The summed E-state index contributed by atoms with van der Waals surface area (Å²) in [5.74, 6) is 1.51. The van der Waals surface area contributed by atoms with Crippen LogP contribution in [0.2, 0.25) is 0 Å². The molecule has 2 unspecified atom stereocenters. The summed E-state index contributed by atoms with van der Waals surface area (Å²) < 4.78 is 0. The van der Waals surface area contributed by atoms with Crippen LogP contribution in [-0.4, -0.2) is 5.78 Å². The van der Waals surface area contributed by atoms with E-state index in [2.05, 4.69) is 54.6 Å². The molecule has 0 spiro atoms. The minimum Gasteiger partial charge on any atom is -0.299 e.